The lowest BCUT2D eigenvalue weighted by Crippen LogP contribution is -2.27. The molecule has 1 aliphatic heterocycles. The number of carbonyl (C=O) groups is 1. The number of carbonyl (C=O) groups excluding carboxylic acids is 1. The van der Waals surface area contributed by atoms with Crippen molar-refractivity contribution in [2.75, 3.05) is 23.3 Å². The Bertz CT molecular complexity index is 1290. The molecule has 1 amide bonds. The molecule has 0 spiro atoms. The van der Waals surface area contributed by atoms with Crippen molar-refractivity contribution < 1.29 is 4.79 Å². The van der Waals surface area contributed by atoms with Gasteiger partial charge >= 0.3 is 0 Å². The van der Waals surface area contributed by atoms with E-state index in [0.29, 0.717) is 10.2 Å². The van der Waals surface area contributed by atoms with Crippen LogP contribution in [-0.4, -0.2) is 28.5 Å². The van der Waals surface area contributed by atoms with Gasteiger partial charge in [0, 0.05) is 40.3 Å². The zero-order valence-electron chi connectivity index (χ0n) is 16.4. The molecule has 3 aromatic heterocycles. The fraction of sp³-hybridized carbons (Fsp3) is 0.227. The van der Waals surface area contributed by atoms with Crippen LogP contribution in [-0.2, 0) is 17.8 Å². The van der Waals surface area contributed by atoms with Gasteiger partial charge in [-0.15, -0.1) is 22.7 Å². The first-order chi connectivity index (χ1) is 14.6. The van der Waals surface area contributed by atoms with E-state index in [1.165, 1.54) is 33.5 Å². The first-order valence-electron chi connectivity index (χ1n) is 9.82. The van der Waals surface area contributed by atoms with E-state index in [1.807, 2.05) is 35.0 Å². The number of hydrogen-bond donors (Lipinski definition) is 1. The molecule has 1 N–H and O–H groups in total. The maximum absolute atomic E-state index is 13.1. The Balaban J connectivity index is 1.40. The van der Waals surface area contributed by atoms with E-state index in [0.717, 1.165) is 35.6 Å². The summed E-state index contributed by atoms with van der Waals surface area (Å²) in [5.41, 5.74) is 3.92. The van der Waals surface area contributed by atoms with Crippen LogP contribution in [0.25, 0.3) is 20.7 Å². The van der Waals surface area contributed by atoms with Crippen LogP contribution in [0.15, 0.2) is 52.2 Å². The molecule has 0 aliphatic carbocycles. The highest BCUT2D eigenvalue weighted by Gasteiger charge is 2.19. The first-order valence-corrected chi connectivity index (χ1v) is 11.6. The van der Waals surface area contributed by atoms with Gasteiger partial charge in [0.05, 0.1) is 11.7 Å². The standard InChI is InChI=1S/C22H20N4O2S2/c1-2-25-8-7-14-5-6-15(10-17(14)25)24-19(27)11-26-13-23-21-20(22(26)28)16(12-30-21)18-4-3-9-29-18/h3-6,9-10,12-13H,2,7-8,11H2,1H3,(H,24,27). The first kappa shape index (κ1) is 19.0. The number of nitrogens with one attached hydrogen (secondary N) is 1. The maximum atomic E-state index is 13.1. The van der Waals surface area contributed by atoms with Crippen LogP contribution in [0, 0.1) is 0 Å². The number of aromatic nitrogens is 2. The molecule has 0 saturated carbocycles. The molecule has 0 fully saturated rings. The Hall–Kier alpha value is -2.97. The molecule has 4 aromatic rings. The second-order valence-electron chi connectivity index (χ2n) is 7.21. The van der Waals surface area contributed by atoms with E-state index in [4.69, 9.17) is 0 Å². The summed E-state index contributed by atoms with van der Waals surface area (Å²) < 4.78 is 1.38. The molecule has 152 valence electrons. The number of nitrogens with zero attached hydrogens (tertiary/aromatic N) is 3. The van der Waals surface area contributed by atoms with Crippen LogP contribution in [0.1, 0.15) is 12.5 Å². The molecule has 30 heavy (non-hydrogen) atoms. The third-order valence-electron chi connectivity index (χ3n) is 5.40. The molecule has 4 heterocycles. The lowest BCUT2D eigenvalue weighted by molar-refractivity contribution is -0.116. The lowest BCUT2D eigenvalue weighted by atomic mass is 10.1. The van der Waals surface area contributed by atoms with Crippen molar-refractivity contribution in [3.8, 4) is 10.4 Å². The smallest absolute Gasteiger partial charge is 0.263 e. The monoisotopic (exact) mass is 436 g/mol. The molecular formula is C22H20N4O2S2. The summed E-state index contributed by atoms with van der Waals surface area (Å²) >= 11 is 3.03. The summed E-state index contributed by atoms with van der Waals surface area (Å²) in [6.45, 7) is 4.01. The minimum absolute atomic E-state index is 0.0733. The molecule has 0 atom stereocenters. The molecule has 1 aliphatic rings. The summed E-state index contributed by atoms with van der Waals surface area (Å²) in [5.74, 6) is -0.243. The third-order valence-corrected chi connectivity index (χ3v) is 7.19. The fourth-order valence-corrected chi connectivity index (χ4v) is 5.62. The quantitative estimate of drug-likeness (QED) is 0.509. The van der Waals surface area contributed by atoms with Crippen LogP contribution < -0.4 is 15.8 Å². The minimum atomic E-state index is -0.243. The van der Waals surface area contributed by atoms with Gasteiger partial charge in [-0.05, 0) is 42.5 Å². The summed E-state index contributed by atoms with van der Waals surface area (Å²) in [4.78, 5) is 34.2. The number of thiophene rings is 2. The van der Waals surface area contributed by atoms with Crippen molar-refractivity contribution in [1.29, 1.82) is 0 Å². The molecule has 0 unspecified atom stereocenters. The molecule has 8 heteroatoms. The van der Waals surface area contributed by atoms with Gasteiger partial charge in [-0.25, -0.2) is 4.98 Å². The van der Waals surface area contributed by atoms with E-state index in [2.05, 4.69) is 28.2 Å². The lowest BCUT2D eigenvalue weighted by Gasteiger charge is -2.17. The van der Waals surface area contributed by atoms with Crippen molar-refractivity contribution in [3.63, 3.8) is 0 Å². The predicted molar refractivity (Wildman–Crippen MR) is 124 cm³/mol. The van der Waals surface area contributed by atoms with Crippen molar-refractivity contribution in [2.24, 2.45) is 0 Å². The molecular weight excluding hydrogens is 416 g/mol. The van der Waals surface area contributed by atoms with Gasteiger partial charge in [0.2, 0.25) is 5.91 Å². The zero-order valence-corrected chi connectivity index (χ0v) is 18.1. The highest BCUT2D eigenvalue weighted by atomic mass is 32.1. The van der Waals surface area contributed by atoms with Crippen molar-refractivity contribution in [2.45, 2.75) is 19.9 Å². The van der Waals surface area contributed by atoms with Gasteiger partial charge in [0.25, 0.3) is 5.56 Å². The van der Waals surface area contributed by atoms with Crippen LogP contribution in [0.4, 0.5) is 11.4 Å². The minimum Gasteiger partial charge on any atom is -0.371 e. The second-order valence-corrected chi connectivity index (χ2v) is 9.01. The Morgan fingerprint density at radius 2 is 2.17 bits per heavy atom. The van der Waals surface area contributed by atoms with Gasteiger partial charge in [-0.1, -0.05) is 12.1 Å². The number of hydrogen-bond acceptors (Lipinski definition) is 6. The van der Waals surface area contributed by atoms with Crippen LogP contribution >= 0.6 is 22.7 Å². The molecule has 6 nitrogen and oxygen atoms in total. The Kier molecular flexibility index (Phi) is 4.88. The third kappa shape index (κ3) is 3.32. The van der Waals surface area contributed by atoms with E-state index >= 15 is 0 Å². The van der Waals surface area contributed by atoms with Crippen molar-refractivity contribution >= 4 is 50.2 Å². The number of benzene rings is 1. The number of fused-ring (bicyclic) bond motifs is 2. The SMILES string of the molecule is CCN1CCc2ccc(NC(=O)Cn3cnc4scc(-c5cccs5)c4c3=O)cc21. The number of anilines is 2. The normalized spacial score (nSPS) is 13.0. The predicted octanol–water partition coefficient (Wildman–Crippen LogP) is 4.21. The number of amides is 1. The summed E-state index contributed by atoms with van der Waals surface area (Å²) in [7, 11) is 0. The average Bonchev–Trinajstić information content (AvgIpc) is 3.48. The van der Waals surface area contributed by atoms with Crippen molar-refractivity contribution in [3.05, 3.63) is 63.3 Å². The van der Waals surface area contributed by atoms with E-state index in [1.54, 1.807) is 11.3 Å². The number of likely N-dealkylation sites (N-methyl/N-ethyl adjacent to an activating group) is 1. The van der Waals surface area contributed by atoms with Crippen LogP contribution in [0.3, 0.4) is 0 Å². The second kappa shape index (κ2) is 7.70. The fourth-order valence-electron chi connectivity index (χ4n) is 3.90. The van der Waals surface area contributed by atoms with Crippen molar-refractivity contribution in [1.82, 2.24) is 9.55 Å². The largest absolute Gasteiger partial charge is 0.371 e. The number of rotatable bonds is 5. The molecule has 1 aromatic carbocycles. The summed E-state index contributed by atoms with van der Waals surface area (Å²) in [6.07, 6.45) is 2.49. The zero-order chi connectivity index (χ0) is 20.7. The van der Waals surface area contributed by atoms with E-state index in [9.17, 15) is 9.59 Å². The Morgan fingerprint density at radius 3 is 2.97 bits per heavy atom. The average molecular weight is 437 g/mol. The molecule has 0 radical (unpaired) electrons. The molecule has 5 rings (SSSR count). The summed E-state index contributed by atoms with van der Waals surface area (Å²) in [6, 6.07) is 9.96. The van der Waals surface area contributed by atoms with E-state index in [-0.39, 0.29) is 18.0 Å². The topological polar surface area (TPSA) is 67.2 Å². The van der Waals surface area contributed by atoms with Gasteiger partial charge in [-0.3, -0.25) is 14.2 Å². The highest BCUT2D eigenvalue weighted by Crippen LogP contribution is 2.33. The molecule has 0 saturated heterocycles. The highest BCUT2D eigenvalue weighted by molar-refractivity contribution is 7.18. The Morgan fingerprint density at radius 1 is 1.27 bits per heavy atom. The van der Waals surface area contributed by atoms with E-state index < -0.39 is 0 Å². The van der Waals surface area contributed by atoms with Gasteiger partial charge < -0.3 is 10.2 Å². The summed E-state index contributed by atoms with van der Waals surface area (Å²) in [5, 5.41) is 7.45. The molecule has 0 bridgehead atoms. The Labute approximate surface area is 181 Å². The van der Waals surface area contributed by atoms with Crippen LogP contribution in [0.2, 0.25) is 0 Å². The van der Waals surface area contributed by atoms with Crippen LogP contribution in [0.5, 0.6) is 0 Å². The maximum Gasteiger partial charge on any atom is 0.263 e. The van der Waals surface area contributed by atoms with Gasteiger partial charge in [0.15, 0.2) is 0 Å². The van der Waals surface area contributed by atoms with Gasteiger partial charge in [0.1, 0.15) is 11.4 Å². The van der Waals surface area contributed by atoms with Gasteiger partial charge in [-0.2, -0.15) is 0 Å².